The molecular weight excluding hydrogens is 234 g/mol. The molecule has 1 saturated heterocycles. The zero-order valence-corrected chi connectivity index (χ0v) is 9.98. The Bertz CT molecular complexity index is 353. The maximum absolute atomic E-state index is 11.3. The molecule has 2 atom stereocenters. The zero-order valence-electron chi connectivity index (χ0n) is 9.16. The molecule has 1 fully saturated rings. The molecule has 7 heteroatoms. The third-order valence-electron chi connectivity index (χ3n) is 2.78. The summed E-state index contributed by atoms with van der Waals surface area (Å²) >= 11 is 0. The number of carbonyl (C=O) groups is 1. The Morgan fingerprint density at radius 3 is 2.44 bits per heavy atom. The molecular formula is C9H17NO5S. The van der Waals surface area contributed by atoms with Gasteiger partial charge in [-0.2, -0.15) is 0 Å². The molecule has 2 unspecified atom stereocenters. The number of rotatable bonds is 5. The van der Waals surface area contributed by atoms with Crippen LogP contribution < -0.4 is 0 Å². The van der Waals surface area contributed by atoms with Gasteiger partial charge in [-0.25, -0.2) is 8.42 Å². The molecule has 0 aromatic rings. The molecule has 0 aromatic carbocycles. The molecule has 0 radical (unpaired) electrons. The van der Waals surface area contributed by atoms with Crippen LogP contribution in [0.3, 0.4) is 0 Å². The van der Waals surface area contributed by atoms with Crippen LogP contribution in [0.5, 0.6) is 0 Å². The number of hydrogen-bond acceptors (Lipinski definition) is 5. The van der Waals surface area contributed by atoms with Gasteiger partial charge in [0, 0.05) is 6.54 Å². The lowest BCUT2D eigenvalue weighted by molar-refractivity contribution is -0.137. The summed E-state index contributed by atoms with van der Waals surface area (Å²) in [6, 6.07) is -0.464. The quantitative estimate of drug-likeness (QED) is 0.647. The summed E-state index contributed by atoms with van der Waals surface area (Å²) in [4.78, 5) is 12.1. The smallest absolute Gasteiger partial charge is 0.304 e. The Morgan fingerprint density at radius 1 is 1.44 bits per heavy atom. The maximum Gasteiger partial charge on any atom is 0.304 e. The van der Waals surface area contributed by atoms with E-state index in [0.717, 1.165) is 0 Å². The van der Waals surface area contributed by atoms with Gasteiger partial charge in [0.1, 0.15) is 0 Å². The summed E-state index contributed by atoms with van der Waals surface area (Å²) in [6.07, 6.45) is -0.948. The molecule has 0 saturated carbocycles. The third kappa shape index (κ3) is 3.43. The first-order chi connectivity index (χ1) is 7.35. The minimum absolute atomic E-state index is 0.0445. The van der Waals surface area contributed by atoms with Crippen molar-refractivity contribution in [3.05, 3.63) is 0 Å². The van der Waals surface area contributed by atoms with Gasteiger partial charge in [0.25, 0.3) is 0 Å². The standard InChI is InChI=1S/C9H17NO5S/c1-2-10(4-3-9(12)13)7-5-16(14,15)6-8(7)11/h7-8,11H,2-6H2,1H3,(H,12,13). The van der Waals surface area contributed by atoms with Crippen molar-refractivity contribution in [3.8, 4) is 0 Å². The predicted octanol–water partition coefficient (Wildman–Crippen LogP) is -1.06. The van der Waals surface area contributed by atoms with E-state index in [1.54, 1.807) is 4.90 Å². The third-order valence-corrected chi connectivity index (χ3v) is 4.48. The highest BCUT2D eigenvalue weighted by atomic mass is 32.2. The summed E-state index contributed by atoms with van der Waals surface area (Å²) in [5.74, 6) is -1.23. The van der Waals surface area contributed by atoms with E-state index >= 15 is 0 Å². The highest BCUT2D eigenvalue weighted by Crippen LogP contribution is 2.18. The Labute approximate surface area is 94.8 Å². The number of carboxylic acids is 1. The van der Waals surface area contributed by atoms with Gasteiger partial charge < -0.3 is 10.2 Å². The maximum atomic E-state index is 11.3. The summed E-state index contributed by atoms with van der Waals surface area (Å²) in [6.45, 7) is 2.62. The van der Waals surface area contributed by atoms with E-state index in [1.807, 2.05) is 6.92 Å². The first kappa shape index (κ1) is 13.4. The van der Waals surface area contributed by atoms with Crippen LogP contribution in [0, 0.1) is 0 Å². The van der Waals surface area contributed by atoms with Gasteiger partial charge in [0.2, 0.25) is 0 Å². The average molecular weight is 251 g/mol. The van der Waals surface area contributed by atoms with E-state index in [0.29, 0.717) is 6.54 Å². The van der Waals surface area contributed by atoms with Crippen molar-refractivity contribution in [3.63, 3.8) is 0 Å². The van der Waals surface area contributed by atoms with Gasteiger partial charge in [-0.15, -0.1) is 0 Å². The van der Waals surface area contributed by atoms with Gasteiger partial charge in [-0.05, 0) is 6.54 Å². The second-order valence-electron chi connectivity index (χ2n) is 3.98. The van der Waals surface area contributed by atoms with E-state index in [2.05, 4.69) is 0 Å². The van der Waals surface area contributed by atoms with Gasteiger partial charge >= 0.3 is 5.97 Å². The van der Waals surface area contributed by atoms with Crippen LogP contribution in [-0.4, -0.2) is 66.2 Å². The molecule has 0 bridgehead atoms. The Hall–Kier alpha value is -0.660. The first-order valence-corrected chi connectivity index (χ1v) is 7.02. The number of aliphatic carboxylic acids is 1. The fourth-order valence-corrected chi connectivity index (χ4v) is 3.79. The highest BCUT2D eigenvalue weighted by Gasteiger charge is 2.39. The fraction of sp³-hybridized carbons (Fsp3) is 0.889. The van der Waals surface area contributed by atoms with Crippen molar-refractivity contribution in [2.45, 2.75) is 25.5 Å². The number of aliphatic hydroxyl groups excluding tert-OH is 1. The van der Waals surface area contributed by atoms with Crippen LogP contribution >= 0.6 is 0 Å². The van der Waals surface area contributed by atoms with E-state index in [4.69, 9.17) is 5.11 Å². The Morgan fingerprint density at radius 2 is 2.06 bits per heavy atom. The van der Waals surface area contributed by atoms with Crippen LogP contribution in [-0.2, 0) is 14.6 Å². The van der Waals surface area contributed by atoms with E-state index in [9.17, 15) is 18.3 Å². The van der Waals surface area contributed by atoms with Crippen molar-refractivity contribution < 1.29 is 23.4 Å². The second kappa shape index (κ2) is 5.11. The highest BCUT2D eigenvalue weighted by molar-refractivity contribution is 7.91. The lowest BCUT2D eigenvalue weighted by atomic mass is 10.1. The molecule has 1 aliphatic heterocycles. The molecule has 6 nitrogen and oxygen atoms in total. The number of sulfone groups is 1. The van der Waals surface area contributed by atoms with Crippen molar-refractivity contribution in [1.82, 2.24) is 4.90 Å². The van der Waals surface area contributed by atoms with Crippen LogP contribution in [0.1, 0.15) is 13.3 Å². The molecule has 0 aliphatic carbocycles. The van der Waals surface area contributed by atoms with Gasteiger partial charge in [0.05, 0.1) is 30.1 Å². The SMILES string of the molecule is CCN(CCC(=O)O)C1CS(=O)(=O)CC1O. The number of hydrogen-bond donors (Lipinski definition) is 2. The van der Waals surface area contributed by atoms with Crippen LogP contribution in [0.4, 0.5) is 0 Å². The van der Waals surface area contributed by atoms with Crippen LogP contribution in [0.2, 0.25) is 0 Å². The van der Waals surface area contributed by atoms with Gasteiger partial charge in [-0.3, -0.25) is 9.69 Å². The second-order valence-corrected chi connectivity index (χ2v) is 6.14. The molecule has 94 valence electrons. The molecule has 1 heterocycles. The van der Waals surface area contributed by atoms with Crippen LogP contribution in [0.15, 0.2) is 0 Å². The minimum atomic E-state index is -3.18. The Balaban J connectivity index is 2.63. The normalized spacial score (nSPS) is 28.4. The van der Waals surface area contributed by atoms with Crippen molar-refractivity contribution in [2.75, 3.05) is 24.6 Å². The number of carboxylic acid groups (broad SMARTS) is 1. The lowest BCUT2D eigenvalue weighted by Gasteiger charge is -2.28. The summed E-state index contributed by atoms with van der Waals surface area (Å²) in [7, 11) is -3.18. The van der Waals surface area contributed by atoms with E-state index < -0.39 is 28.0 Å². The Kier molecular flexibility index (Phi) is 4.28. The zero-order chi connectivity index (χ0) is 12.3. The summed E-state index contributed by atoms with van der Waals surface area (Å²) in [5, 5.41) is 18.2. The van der Waals surface area contributed by atoms with Gasteiger partial charge in [-0.1, -0.05) is 6.92 Å². The van der Waals surface area contributed by atoms with Crippen LogP contribution in [0.25, 0.3) is 0 Å². The van der Waals surface area contributed by atoms with E-state index in [1.165, 1.54) is 0 Å². The molecule has 2 N–H and O–H groups in total. The number of aliphatic hydroxyl groups is 1. The monoisotopic (exact) mass is 251 g/mol. The molecule has 1 rings (SSSR count). The van der Waals surface area contributed by atoms with Crippen molar-refractivity contribution in [2.24, 2.45) is 0 Å². The minimum Gasteiger partial charge on any atom is -0.481 e. The molecule has 0 aromatic heterocycles. The van der Waals surface area contributed by atoms with Crippen molar-refractivity contribution >= 4 is 15.8 Å². The fourth-order valence-electron chi connectivity index (χ4n) is 1.96. The number of likely N-dealkylation sites (N-methyl/N-ethyl adjacent to an activating group) is 1. The van der Waals surface area contributed by atoms with Crippen molar-refractivity contribution in [1.29, 1.82) is 0 Å². The number of nitrogens with zero attached hydrogens (tertiary/aromatic N) is 1. The molecule has 16 heavy (non-hydrogen) atoms. The summed E-state index contributed by atoms with van der Waals surface area (Å²) < 4.78 is 22.6. The van der Waals surface area contributed by atoms with E-state index in [-0.39, 0.29) is 24.5 Å². The largest absolute Gasteiger partial charge is 0.481 e. The molecule has 1 aliphatic rings. The predicted molar refractivity (Wildman–Crippen MR) is 57.9 cm³/mol. The van der Waals surface area contributed by atoms with Gasteiger partial charge in [0.15, 0.2) is 9.84 Å². The summed E-state index contributed by atoms with van der Waals surface area (Å²) in [5.41, 5.74) is 0. The molecule has 0 spiro atoms. The lowest BCUT2D eigenvalue weighted by Crippen LogP contribution is -2.43. The first-order valence-electron chi connectivity index (χ1n) is 5.20. The topological polar surface area (TPSA) is 94.9 Å². The molecule has 0 amide bonds. The average Bonchev–Trinajstić information content (AvgIpc) is 2.41.